The molecule has 0 aromatic heterocycles. The fourth-order valence-corrected chi connectivity index (χ4v) is 0.534. The van der Waals surface area contributed by atoms with Crippen LogP contribution in [-0.2, 0) is 9.59 Å². The van der Waals surface area contributed by atoms with Crippen molar-refractivity contribution in [1.82, 2.24) is 0 Å². The van der Waals surface area contributed by atoms with Crippen molar-refractivity contribution >= 4 is 12.2 Å². The summed E-state index contributed by atoms with van der Waals surface area (Å²) in [5.41, 5.74) is 1.32. The van der Waals surface area contributed by atoms with E-state index in [9.17, 15) is 0 Å². The van der Waals surface area contributed by atoms with Gasteiger partial charge < -0.3 is 10.8 Å². The van der Waals surface area contributed by atoms with E-state index in [1.807, 2.05) is 18.2 Å². The Morgan fingerprint density at radius 1 is 0.933 bits per heavy atom. The van der Waals surface area contributed by atoms with E-state index >= 15 is 0 Å². The molecule has 6 heteroatoms. The number of benzene rings is 1. The zero-order valence-electron chi connectivity index (χ0n) is 9.10. The topological polar surface area (TPSA) is 78.7 Å². The minimum Gasteiger partial charge on any atom is -0.724 e. The Hall–Kier alpha value is 1.25. The number of hydrogen-bond acceptors (Lipinski definition) is 2. The molecule has 1 aromatic rings. The van der Waals surface area contributed by atoms with Gasteiger partial charge in [0.15, 0.2) is 0 Å². The van der Waals surface area contributed by atoms with Gasteiger partial charge in [-0.2, -0.15) is 0 Å². The summed E-state index contributed by atoms with van der Waals surface area (Å²) in [7, 11) is 0. The molecule has 0 saturated carbocycles. The first-order valence-corrected chi connectivity index (χ1v) is 3.27. The summed E-state index contributed by atoms with van der Waals surface area (Å²) in [6.45, 7) is 2.08. The molecule has 0 fully saturated rings. The summed E-state index contributed by atoms with van der Waals surface area (Å²) in [6.07, 6.45) is 1.00. The molecule has 0 amide bonds. The van der Waals surface area contributed by atoms with Crippen LogP contribution in [0.2, 0.25) is 0 Å². The van der Waals surface area contributed by atoms with Crippen LogP contribution in [0, 0.1) is 6.92 Å². The van der Waals surface area contributed by atoms with Crippen LogP contribution in [0.5, 0.6) is 0 Å². The molecule has 0 spiro atoms. The fraction of sp³-hybridized carbons (Fsp3) is 0.111. The SMILES string of the molecule is Cc1ccccc1.[K+].[K+].[N-]=C=O.[N-]=C=O. The standard InChI is InChI=1S/C7H8.2CNO.2K/c1-7-5-3-2-4-6-7;2*2-1-3;;/h2-6H,1H3;;;;/q;2*-1;2*+1. The summed E-state index contributed by atoms with van der Waals surface area (Å²) in [5, 5.41) is 13.5. The van der Waals surface area contributed by atoms with E-state index in [0.717, 1.165) is 0 Å². The van der Waals surface area contributed by atoms with Crippen molar-refractivity contribution in [1.29, 1.82) is 0 Å². The zero-order valence-corrected chi connectivity index (χ0v) is 15.3. The molecule has 0 aliphatic rings. The summed E-state index contributed by atoms with van der Waals surface area (Å²) in [5.74, 6) is 0. The fourth-order valence-electron chi connectivity index (χ4n) is 0.534. The maximum absolute atomic E-state index is 8.24. The Balaban J connectivity index is -0.0000000665. The van der Waals surface area contributed by atoms with Crippen molar-refractivity contribution < 1.29 is 112 Å². The van der Waals surface area contributed by atoms with Crippen molar-refractivity contribution in [3.8, 4) is 0 Å². The Labute approximate surface area is 174 Å². The smallest absolute Gasteiger partial charge is 0.724 e. The van der Waals surface area contributed by atoms with E-state index in [0.29, 0.717) is 12.2 Å². The van der Waals surface area contributed by atoms with Crippen LogP contribution >= 0.6 is 0 Å². The van der Waals surface area contributed by atoms with E-state index < -0.39 is 0 Å². The van der Waals surface area contributed by atoms with E-state index in [1.54, 1.807) is 0 Å². The quantitative estimate of drug-likeness (QED) is 0.267. The maximum atomic E-state index is 8.24. The molecule has 0 heterocycles. The number of aryl methyl sites for hydroxylation is 1. The summed E-state index contributed by atoms with van der Waals surface area (Å²) >= 11 is 0. The number of rotatable bonds is 0. The first-order valence-electron chi connectivity index (χ1n) is 3.27. The minimum absolute atomic E-state index is 0. The third-order valence-corrected chi connectivity index (χ3v) is 0.940. The van der Waals surface area contributed by atoms with Gasteiger partial charge in [-0.05, 0) is 19.1 Å². The molecule has 0 unspecified atom stereocenters. The molecule has 1 rings (SSSR count). The molecule has 1 aromatic carbocycles. The molecule has 15 heavy (non-hydrogen) atoms. The van der Waals surface area contributed by atoms with Crippen molar-refractivity contribution in [3.63, 3.8) is 0 Å². The molecule has 68 valence electrons. The summed E-state index contributed by atoms with van der Waals surface area (Å²) < 4.78 is 0. The predicted molar refractivity (Wildman–Crippen MR) is 49.3 cm³/mol. The molecule has 0 saturated heterocycles. The Morgan fingerprint density at radius 2 is 1.20 bits per heavy atom. The van der Waals surface area contributed by atoms with E-state index in [2.05, 4.69) is 19.1 Å². The third-order valence-electron chi connectivity index (χ3n) is 0.940. The Morgan fingerprint density at radius 3 is 1.33 bits per heavy atom. The summed E-state index contributed by atoms with van der Waals surface area (Å²) in [4.78, 5) is 16.5. The Bertz CT molecular complexity index is 267. The van der Waals surface area contributed by atoms with Gasteiger partial charge in [0.2, 0.25) is 0 Å². The molecule has 0 aliphatic carbocycles. The molecule has 0 radical (unpaired) electrons. The largest absolute Gasteiger partial charge is 1.00 e. The number of isocyanates is 2. The maximum Gasteiger partial charge on any atom is 1.00 e. The van der Waals surface area contributed by atoms with Gasteiger partial charge in [0, 0.05) is 0 Å². The Kier molecular flexibility index (Phi) is 41.1. The van der Waals surface area contributed by atoms with Gasteiger partial charge in [-0.1, -0.05) is 35.9 Å². The van der Waals surface area contributed by atoms with Crippen LogP contribution in [0.3, 0.4) is 0 Å². The second kappa shape index (κ2) is 24.5. The van der Waals surface area contributed by atoms with Crippen LogP contribution < -0.4 is 103 Å². The molecular formula is C9H8K2N2O2. The molecular weight excluding hydrogens is 246 g/mol. The second-order valence-corrected chi connectivity index (χ2v) is 1.84. The average Bonchev–Trinajstić information content (AvgIpc) is 2.08. The first-order chi connectivity index (χ1) is 6.22. The number of nitrogens with zero attached hydrogens (tertiary/aromatic N) is 2. The zero-order chi connectivity index (χ0) is 10.5. The monoisotopic (exact) mass is 254 g/mol. The third kappa shape index (κ3) is 31.3. The van der Waals surface area contributed by atoms with Gasteiger partial charge in [0.25, 0.3) is 0 Å². The van der Waals surface area contributed by atoms with Gasteiger partial charge >= 0.3 is 103 Å². The second-order valence-electron chi connectivity index (χ2n) is 1.84. The van der Waals surface area contributed by atoms with Crippen molar-refractivity contribution in [2.24, 2.45) is 0 Å². The summed E-state index contributed by atoms with van der Waals surface area (Å²) in [6, 6.07) is 10.3. The van der Waals surface area contributed by atoms with Gasteiger partial charge in [0.05, 0.1) is 0 Å². The number of carbonyl (C=O) groups excluding carboxylic acids is 2. The molecule has 0 bridgehead atoms. The van der Waals surface area contributed by atoms with Crippen LogP contribution in [-0.4, -0.2) is 12.2 Å². The first kappa shape index (κ1) is 25.2. The normalized spacial score (nSPS) is 5.13. The molecule has 0 N–H and O–H groups in total. The average molecular weight is 254 g/mol. The van der Waals surface area contributed by atoms with Gasteiger partial charge in [-0.15, -0.1) is 0 Å². The van der Waals surface area contributed by atoms with Gasteiger partial charge in [-0.3, -0.25) is 9.59 Å². The minimum atomic E-state index is 0. The molecule has 4 nitrogen and oxygen atoms in total. The van der Waals surface area contributed by atoms with Gasteiger partial charge in [-0.25, -0.2) is 0 Å². The van der Waals surface area contributed by atoms with E-state index in [1.165, 1.54) is 5.56 Å². The van der Waals surface area contributed by atoms with E-state index in [-0.39, 0.29) is 103 Å². The molecule has 0 aliphatic heterocycles. The number of hydrogen-bond donors (Lipinski definition) is 0. The van der Waals surface area contributed by atoms with Crippen molar-refractivity contribution in [2.45, 2.75) is 6.92 Å². The van der Waals surface area contributed by atoms with E-state index in [4.69, 9.17) is 20.4 Å². The molecule has 0 atom stereocenters. The van der Waals surface area contributed by atoms with Crippen LogP contribution in [0.15, 0.2) is 30.3 Å². The van der Waals surface area contributed by atoms with Crippen LogP contribution in [0.25, 0.3) is 10.8 Å². The van der Waals surface area contributed by atoms with Crippen LogP contribution in [0.4, 0.5) is 0 Å². The predicted octanol–water partition coefficient (Wildman–Crippen LogP) is -4.21. The van der Waals surface area contributed by atoms with Crippen molar-refractivity contribution in [2.75, 3.05) is 0 Å². The van der Waals surface area contributed by atoms with Crippen molar-refractivity contribution in [3.05, 3.63) is 46.7 Å². The van der Waals surface area contributed by atoms with Gasteiger partial charge in [0.1, 0.15) is 0 Å². The van der Waals surface area contributed by atoms with Crippen LogP contribution in [0.1, 0.15) is 5.56 Å².